The third kappa shape index (κ3) is 2.85. The van der Waals surface area contributed by atoms with E-state index in [9.17, 15) is 0 Å². The molecule has 0 radical (unpaired) electrons. The van der Waals surface area contributed by atoms with Crippen LogP contribution < -0.4 is 24.0 Å². The second-order valence-electron chi connectivity index (χ2n) is 5.07. The van der Waals surface area contributed by atoms with E-state index in [4.69, 9.17) is 0 Å². The van der Waals surface area contributed by atoms with Crippen LogP contribution in [0.2, 0.25) is 0 Å². The quantitative estimate of drug-likeness (QED) is 0.380. The fourth-order valence-corrected chi connectivity index (χ4v) is 1.98. The van der Waals surface area contributed by atoms with Crippen LogP contribution in [0.25, 0.3) is 0 Å². The van der Waals surface area contributed by atoms with Crippen LogP contribution in [-0.2, 0) is 0 Å². The lowest BCUT2D eigenvalue weighted by Crippen LogP contribution is -3.00. The molecule has 1 aliphatic rings. The molecular formula is C9H21IN2. The van der Waals surface area contributed by atoms with Crippen LogP contribution in [-0.4, -0.2) is 43.8 Å². The maximum absolute atomic E-state index is 2.41. The minimum Gasteiger partial charge on any atom is -1.00 e. The molecule has 0 spiro atoms. The zero-order valence-electron chi connectivity index (χ0n) is 8.89. The van der Waals surface area contributed by atoms with Gasteiger partial charge in [-0.1, -0.05) is 13.8 Å². The van der Waals surface area contributed by atoms with Gasteiger partial charge in [-0.25, -0.2) is 4.59 Å². The summed E-state index contributed by atoms with van der Waals surface area (Å²) in [6.45, 7) is 7.20. The average Bonchev–Trinajstić information content (AvgIpc) is 1.77. The standard InChI is InChI=1S/C9H21N2.HI/c1-9(2)6-7-10(3)11(4,5)8-9;/h6-8H2,1-5H3;1H/q+1;/p-1. The lowest BCUT2D eigenvalue weighted by atomic mass is 9.87. The second kappa shape index (κ2) is 3.80. The summed E-state index contributed by atoms with van der Waals surface area (Å²) >= 11 is 0. The van der Waals surface area contributed by atoms with Crippen molar-refractivity contribution in [2.75, 3.05) is 34.2 Å². The predicted octanol–water partition coefficient (Wildman–Crippen LogP) is -1.66. The topological polar surface area (TPSA) is 3.24 Å². The van der Waals surface area contributed by atoms with Gasteiger partial charge in [-0.05, 0) is 6.42 Å². The van der Waals surface area contributed by atoms with Crippen LogP contribution in [0.3, 0.4) is 0 Å². The molecule has 1 heterocycles. The van der Waals surface area contributed by atoms with Gasteiger partial charge in [0.05, 0.1) is 14.1 Å². The zero-order valence-corrected chi connectivity index (χ0v) is 11.1. The van der Waals surface area contributed by atoms with Gasteiger partial charge in [0.2, 0.25) is 0 Å². The van der Waals surface area contributed by atoms with Gasteiger partial charge < -0.3 is 24.0 Å². The van der Waals surface area contributed by atoms with Crippen molar-refractivity contribution in [1.82, 2.24) is 5.01 Å². The first-order valence-electron chi connectivity index (χ1n) is 4.38. The van der Waals surface area contributed by atoms with E-state index in [1.807, 2.05) is 0 Å². The first-order valence-corrected chi connectivity index (χ1v) is 4.38. The van der Waals surface area contributed by atoms with Crippen molar-refractivity contribution in [3.8, 4) is 0 Å². The van der Waals surface area contributed by atoms with E-state index in [0.29, 0.717) is 5.41 Å². The Morgan fingerprint density at radius 3 is 2.08 bits per heavy atom. The maximum Gasteiger partial charge on any atom is 0.101 e. The van der Waals surface area contributed by atoms with Gasteiger partial charge in [-0.2, -0.15) is 5.01 Å². The first kappa shape index (κ1) is 12.7. The Bertz CT molecular complexity index is 155. The lowest BCUT2D eigenvalue weighted by molar-refractivity contribution is -1.01. The van der Waals surface area contributed by atoms with Crippen LogP contribution >= 0.6 is 0 Å². The summed E-state index contributed by atoms with van der Waals surface area (Å²) < 4.78 is 1.03. The highest BCUT2D eigenvalue weighted by atomic mass is 127. The van der Waals surface area contributed by atoms with E-state index in [1.165, 1.54) is 19.5 Å². The molecular weight excluding hydrogens is 263 g/mol. The van der Waals surface area contributed by atoms with Crippen LogP contribution in [0, 0.1) is 5.41 Å². The van der Waals surface area contributed by atoms with Crippen molar-refractivity contribution in [1.29, 1.82) is 0 Å². The molecule has 0 saturated carbocycles. The van der Waals surface area contributed by atoms with Crippen molar-refractivity contribution in [2.24, 2.45) is 5.41 Å². The van der Waals surface area contributed by atoms with Gasteiger partial charge in [0.1, 0.15) is 6.54 Å². The Balaban J connectivity index is 0.00000121. The largest absolute Gasteiger partial charge is 1.00 e. The SMILES string of the molecule is CN1CCC(C)(C)C[N+]1(C)C.[I-]. The number of nitrogens with zero attached hydrogens (tertiary/aromatic N) is 2. The van der Waals surface area contributed by atoms with E-state index in [0.717, 1.165) is 4.59 Å². The molecule has 3 heteroatoms. The number of quaternary nitrogens is 1. The second-order valence-corrected chi connectivity index (χ2v) is 5.07. The summed E-state index contributed by atoms with van der Waals surface area (Å²) in [5.41, 5.74) is 0.524. The van der Waals surface area contributed by atoms with Crippen LogP contribution in [0.15, 0.2) is 0 Å². The molecule has 0 bridgehead atoms. The molecule has 0 aromatic heterocycles. The zero-order chi connectivity index (χ0) is 8.70. The number of hydrogen-bond donors (Lipinski definition) is 0. The molecule has 0 N–H and O–H groups in total. The molecule has 2 nitrogen and oxygen atoms in total. The van der Waals surface area contributed by atoms with E-state index in [2.05, 4.69) is 40.0 Å². The van der Waals surface area contributed by atoms with Crippen molar-refractivity contribution in [2.45, 2.75) is 20.3 Å². The van der Waals surface area contributed by atoms with Gasteiger partial charge in [0, 0.05) is 19.0 Å². The van der Waals surface area contributed by atoms with Crippen LogP contribution in [0.5, 0.6) is 0 Å². The number of hydrogen-bond acceptors (Lipinski definition) is 1. The van der Waals surface area contributed by atoms with Crippen molar-refractivity contribution in [3.63, 3.8) is 0 Å². The van der Waals surface area contributed by atoms with E-state index in [-0.39, 0.29) is 24.0 Å². The summed E-state index contributed by atoms with van der Waals surface area (Å²) in [4.78, 5) is 0. The highest BCUT2D eigenvalue weighted by Gasteiger charge is 2.37. The predicted molar refractivity (Wildman–Crippen MR) is 48.0 cm³/mol. The molecule has 0 aliphatic carbocycles. The van der Waals surface area contributed by atoms with Gasteiger partial charge >= 0.3 is 0 Å². The molecule has 0 aromatic carbocycles. The summed E-state index contributed by atoms with van der Waals surface area (Å²) in [5.74, 6) is 0. The Labute approximate surface area is 93.5 Å². The van der Waals surface area contributed by atoms with Crippen molar-refractivity contribution >= 4 is 0 Å². The molecule has 74 valence electrons. The normalized spacial score (nSPS) is 27.8. The average molecular weight is 284 g/mol. The monoisotopic (exact) mass is 284 g/mol. The summed E-state index contributed by atoms with van der Waals surface area (Å²) in [6.07, 6.45) is 1.32. The molecule has 1 saturated heterocycles. The van der Waals surface area contributed by atoms with Crippen LogP contribution in [0.4, 0.5) is 0 Å². The molecule has 0 amide bonds. The Hall–Kier alpha value is 0.650. The first-order chi connectivity index (χ1) is 4.83. The van der Waals surface area contributed by atoms with E-state index in [1.54, 1.807) is 0 Å². The smallest absolute Gasteiger partial charge is 0.101 e. The van der Waals surface area contributed by atoms with Gasteiger partial charge in [-0.15, -0.1) is 0 Å². The minimum absolute atomic E-state index is 0. The summed E-state index contributed by atoms with van der Waals surface area (Å²) in [5, 5.41) is 2.41. The van der Waals surface area contributed by atoms with Gasteiger partial charge in [0.25, 0.3) is 0 Å². The van der Waals surface area contributed by atoms with E-state index < -0.39 is 0 Å². The maximum atomic E-state index is 2.41. The van der Waals surface area contributed by atoms with Crippen molar-refractivity contribution < 1.29 is 28.6 Å². The fraction of sp³-hybridized carbons (Fsp3) is 1.00. The summed E-state index contributed by atoms with van der Waals surface area (Å²) in [6, 6.07) is 0. The summed E-state index contributed by atoms with van der Waals surface area (Å²) in [7, 11) is 6.76. The van der Waals surface area contributed by atoms with Crippen molar-refractivity contribution in [3.05, 3.63) is 0 Å². The minimum atomic E-state index is 0. The number of rotatable bonds is 0. The molecule has 1 rings (SSSR count). The van der Waals surface area contributed by atoms with Gasteiger partial charge in [0.15, 0.2) is 0 Å². The van der Waals surface area contributed by atoms with Crippen LogP contribution in [0.1, 0.15) is 20.3 Å². The molecule has 0 unspecified atom stereocenters. The molecule has 0 atom stereocenters. The third-order valence-electron chi connectivity index (χ3n) is 2.85. The fourth-order valence-electron chi connectivity index (χ4n) is 1.98. The highest BCUT2D eigenvalue weighted by Crippen LogP contribution is 2.29. The van der Waals surface area contributed by atoms with E-state index >= 15 is 0 Å². The third-order valence-corrected chi connectivity index (χ3v) is 2.85. The Morgan fingerprint density at radius 2 is 1.75 bits per heavy atom. The molecule has 12 heavy (non-hydrogen) atoms. The highest BCUT2D eigenvalue weighted by molar-refractivity contribution is 4.71. The molecule has 1 aliphatic heterocycles. The lowest BCUT2D eigenvalue weighted by Gasteiger charge is -2.47. The Kier molecular flexibility index (Phi) is 4.00. The number of halogens is 1. The molecule has 1 fully saturated rings. The molecule has 0 aromatic rings. The van der Waals surface area contributed by atoms with Gasteiger partial charge in [-0.3, -0.25) is 0 Å². The Morgan fingerprint density at radius 1 is 1.25 bits per heavy atom.